The Morgan fingerprint density at radius 1 is 1.29 bits per heavy atom. The van der Waals surface area contributed by atoms with Crippen molar-refractivity contribution in [1.29, 1.82) is 0 Å². The molecule has 2 fully saturated rings. The number of carbonyl (C=O) groups is 2. The molecule has 0 aliphatic heterocycles. The molecule has 1 aromatic rings. The zero-order valence-corrected chi connectivity index (χ0v) is 11.3. The van der Waals surface area contributed by atoms with Gasteiger partial charge in [-0.3, -0.25) is 9.59 Å². The Hall–Kier alpha value is -1.98. The molecule has 0 unspecified atom stereocenters. The molecule has 0 heterocycles. The van der Waals surface area contributed by atoms with E-state index < -0.39 is 17.6 Å². The average Bonchev–Trinajstić information content (AvgIpc) is 3.27. The zero-order valence-electron chi connectivity index (χ0n) is 11.3. The van der Waals surface area contributed by atoms with Crippen molar-refractivity contribution in [3.63, 3.8) is 0 Å². The van der Waals surface area contributed by atoms with Crippen LogP contribution in [0.5, 0.6) is 0 Å². The lowest BCUT2D eigenvalue weighted by Crippen LogP contribution is -2.38. The van der Waals surface area contributed by atoms with Crippen molar-refractivity contribution in [2.75, 3.05) is 6.54 Å². The Labute approximate surface area is 120 Å². The molecule has 0 spiro atoms. The molecule has 0 aromatic heterocycles. The van der Waals surface area contributed by atoms with Crippen molar-refractivity contribution in [3.8, 4) is 0 Å². The van der Waals surface area contributed by atoms with E-state index in [4.69, 9.17) is 5.11 Å². The van der Waals surface area contributed by atoms with Gasteiger partial charge in [-0.2, -0.15) is 0 Å². The zero-order chi connectivity index (χ0) is 15.1. The molecule has 0 bridgehead atoms. The second-order valence-corrected chi connectivity index (χ2v) is 5.71. The van der Waals surface area contributed by atoms with Crippen LogP contribution in [0, 0.1) is 17.6 Å². The van der Waals surface area contributed by atoms with Gasteiger partial charge in [0.15, 0.2) is 0 Å². The predicted octanol–water partition coefficient (Wildman–Crippen LogP) is 2.14. The van der Waals surface area contributed by atoms with E-state index >= 15 is 0 Å². The predicted molar refractivity (Wildman–Crippen MR) is 69.6 cm³/mol. The minimum atomic E-state index is -1.04. The molecule has 2 aliphatic rings. The Morgan fingerprint density at radius 3 is 2.57 bits per heavy atom. The number of aliphatic carboxylic acids is 1. The van der Waals surface area contributed by atoms with Crippen LogP contribution in [0.25, 0.3) is 0 Å². The van der Waals surface area contributed by atoms with Crippen LogP contribution >= 0.6 is 0 Å². The number of hydrogen-bond acceptors (Lipinski definition) is 2. The molecular weight excluding hydrogens is 280 g/mol. The van der Waals surface area contributed by atoms with Crippen LogP contribution in [0.3, 0.4) is 0 Å². The highest BCUT2D eigenvalue weighted by Gasteiger charge is 2.49. The van der Waals surface area contributed by atoms with Gasteiger partial charge in [-0.25, -0.2) is 8.78 Å². The maximum atomic E-state index is 13.7. The van der Waals surface area contributed by atoms with Gasteiger partial charge < -0.3 is 10.0 Å². The maximum absolute atomic E-state index is 13.7. The van der Waals surface area contributed by atoms with Crippen molar-refractivity contribution in [2.45, 2.75) is 31.2 Å². The van der Waals surface area contributed by atoms with Crippen LogP contribution in [0.4, 0.5) is 8.78 Å². The summed E-state index contributed by atoms with van der Waals surface area (Å²) in [6.07, 6.45) is 2.13. The highest BCUT2D eigenvalue weighted by molar-refractivity contribution is 5.86. The first-order valence-corrected chi connectivity index (χ1v) is 6.94. The fraction of sp³-hybridized carbons (Fsp3) is 0.467. The van der Waals surface area contributed by atoms with E-state index in [1.54, 1.807) is 0 Å². The number of halogens is 2. The average molecular weight is 295 g/mol. The maximum Gasteiger partial charge on any atom is 0.323 e. The molecule has 2 aliphatic carbocycles. The summed E-state index contributed by atoms with van der Waals surface area (Å²) < 4.78 is 26.6. The molecule has 21 heavy (non-hydrogen) atoms. The number of carboxylic acid groups (broad SMARTS) is 1. The molecule has 2 saturated carbocycles. The lowest BCUT2D eigenvalue weighted by Gasteiger charge is -2.20. The molecule has 1 amide bonds. The lowest BCUT2D eigenvalue weighted by molar-refractivity contribution is -0.145. The highest BCUT2D eigenvalue weighted by Crippen LogP contribution is 2.50. The molecule has 3 rings (SSSR count). The van der Waals surface area contributed by atoms with Crippen LogP contribution in [0.2, 0.25) is 0 Å². The van der Waals surface area contributed by atoms with Crippen molar-refractivity contribution in [3.05, 3.63) is 35.4 Å². The first kappa shape index (κ1) is 14.0. The Kier molecular flexibility index (Phi) is 3.39. The van der Waals surface area contributed by atoms with Gasteiger partial charge in [-0.1, -0.05) is 6.07 Å². The van der Waals surface area contributed by atoms with Gasteiger partial charge in [0, 0.05) is 18.0 Å². The SMILES string of the molecule is O=C(O)CN(C(=O)[C@@H]1C[C@H]1c1ccc(F)cc1F)C1CC1. The Balaban J connectivity index is 1.71. The molecule has 1 aromatic carbocycles. The standard InChI is InChI=1S/C15H15F2NO3/c16-8-1-4-10(13(17)5-8)11-6-12(11)15(21)18(7-14(19)20)9-2-3-9/h1,4-5,9,11-12H,2-3,6-7H2,(H,19,20)/t11-,12+/m0/s1. The van der Waals surface area contributed by atoms with Crippen LogP contribution in [0.1, 0.15) is 30.7 Å². The normalized spacial score (nSPS) is 23.7. The topological polar surface area (TPSA) is 57.6 Å². The van der Waals surface area contributed by atoms with Crippen molar-refractivity contribution >= 4 is 11.9 Å². The number of carboxylic acids is 1. The van der Waals surface area contributed by atoms with E-state index in [1.807, 2.05) is 0 Å². The fourth-order valence-corrected chi connectivity index (χ4v) is 2.75. The van der Waals surface area contributed by atoms with E-state index in [0.717, 1.165) is 18.9 Å². The summed E-state index contributed by atoms with van der Waals surface area (Å²) in [4.78, 5) is 24.6. The third-order valence-electron chi connectivity index (χ3n) is 4.05. The third-order valence-corrected chi connectivity index (χ3v) is 4.05. The van der Waals surface area contributed by atoms with Crippen LogP contribution in [-0.2, 0) is 9.59 Å². The van der Waals surface area contributed by atoms with Crippen molar-refractivity contribution in [1.82, 2.24) is 4.90 Å². The Morgan fingerprint density at radius 2 is 2.00 bits per heavy atom. The second kappa shape index (κ2) is 5.09. The second-order valence-electron chi connectivity index (χ2n) is 5.71. The largest absolute Gasteiger partial charge is 0.480 e. The minimum Gasteiger partial charge on any atom is -0.480 e. The van der Waals surface area contributed by atoms with Crippen LogP contribution < -0.4 is 0 Å². The van der Waals surface area contributed by atoms with Gasteiger partial charge in [0.25, 0.3) is 0 Å². The van der Waals surface area contributed by atoms with Crippen LogP contribution in [-0.4, -0.2) is 34.5 Å². The summed E-state index contributed by atoms with van der Waals surface area (Å²) in [6.45, 7) is -0.307. The smallest absolute Gasteiger partial charge is 0.323 e. The number of nitrogens with zero attached hydrogens (tertiary/aromatic N) is 1. The molecular formula is C15H15F2NO3. The number of amides is 1. The van der Waals surface area contributed by atoms with E-state index in [0.29, 0.717) is 12.0 Å². The molecule has 6 heteroatoms. The van der Waals surface area contributed by atoms with Gasteiger partial charge >= 0.3 is 5.97 Å². The van der Waals surface area contributed by atoms with E-state index in [9.17, 15) is 18.4 Å². The van der Waals surface area contributed by atoms with Gasteiger partial charge in [0.2, 0.25) is 5.91 Å². The lowest BCUT2D eigenvalue weighted by atomic mass is 10.1. The van der Waals surface area contributed by atoms with Gasteiger partial charge in [-0.05, 0) is 36.8 Å². The van der Waals surface area contributed by atoms with E-state index in [-0.39, 0.29) is 30.3 Å². The number of benzene rings is 1. The van der Waals surface area contributed by atoms with Crippen molar-refractivity contribution < 1.29 is 23.5 Å². The van der Waals surface area contributed by atoms with E-state index in [1.165, 1.54) is 17.0 Å². The quantitative estimate of drug-likeness (QED) is 0.905. The summed E-state index contributed by atoms with van der Waals surface area (Å²) in [5.41, 5.74) is 0.334. The summed E-state index contributed by atoms with van der Waals surface area (Å²) in [6, 6.07) is 3.36. The molecule has 2 atom stereocenters. The Bertz CT molecular complexity index is 601. The molecule has 4 nitrogen and oxygen atoms in total. The third kappa shape index (κ3) is 2.89. The van der Waals surface area contributed by atoms with E-state index in [2.05, 4.69) is 0 Å². The monoisotopic (exact) mass is 295 g/mol. The highest BCUT2D eigenvalue weighted by atomic mass is 19.1. The summed E-state index contributed by atoms with van der Waals surface area (Å²) in [5, 5.41) is 8.87. The molecule has 0 saturated heterocycles. The van der Waals surface area contributed by atoms with Gasteiger partial charge in [-0.15, -0.1) is 0 Å². The first-order chi connectivity index (χ1) is 9.97. The first-order valence-electron chi connectivity index (χ1n) is 6.94. The van der Waals surface area contributed by atoms with Gasteiger partial charge in [0.1, 0.15) is 18.2 Å². The number of carbonyl (C=O) groups excluding carboxylic acids is 1. The molecule has 0 radical (unpaired) electrons. The molecule has 1 N–H and O–H groups in total. The molecule has 112 valence electrons. The van der Waals surface area contributed by atoms with Crippen LogP contribution in [0.15, 0.2) is 18.2 Å². The summed E-state index contributed by atoms with van der Waals surface area (Å²) in [5.74, 6) is -3.22. The van der Waals surface area contributed by atoms with Gasteiger partial charge in [0.05, 0.1) is 0 Å². The van der Waals surface area contributed by atoms with Crippen molar-refractivity contribution in [2.24, 2.45) is 5.92 Å². The minimum absolute atomic E-state index is 0.00733. The fourth-order valence-electron chi connectivity index (χ4n) is 2.75. The number of hydrogen-bond donors (Lipinski definition) is 1. The number of rotatable bonds is 5. The summed E-state index contributed by atoms with van der Waals surface area (Å²) >= 11 is 0. The summed E-state index contributed by atoms with van der Waals surface area (Å²) in [7, 11) is 0.